The molecule has 9 heteroatoms. The number of hydrogen-bond acceptors (Lipinski definition) is 5. The molecule has 3 amide bonds. The highest BCUT2D eigenvalue weighted by atomic mass is 16.4. The zero-order chi connectivity index (χ0) is 24.5. The summed E-state index contributed by atoms with van der Waals surface area (Å²) in [5.41, 5.74) is 2.83. The van der Waals surface area contributed by atoms with Crippen molar-refractivity contribution in [2.75, 3.05) is 6.54 Å². The van der Waals surface area contributed by atoms with Crippen LogP contribution in [0.15, 0.2) is 48.7 Å². The fourth-order valence-corrected chi connectivity index (χ4v) is 4.27. The van der Waals surface area contributed by atoms with Crippen LogP contribution in [0.4, 0.5) is 4.79 Å². The van der Waals surface area contributed by atoms with E-state index in [2.05, 4.69) is 15.6 Å². The van der Waals surface area contributed by atoms with Crippen molar-refractivity contribution in [2.45, 2.75) is 46.3 Å². The number of hydrogen-bond donors (Lipinski definition) is 3. The molecule has 0 spiro atoms. The quantitative estimate of drug-likeness (QED) is 0.349. The summed E-state index contributed by atoms with van der Waals surface area (Å²) in [5, 5.41) is 15.1. The smallest absolute Gasteiger partial charge is 0.404 e. The Morgan fingerprint density at radius 1 is 1.06 bits per heavy atom. The Kier molecular flexibility index (Phi) is 6.39. The molecule has 0 bridgehead atoms. The van der Waals surface area contributed by atoms with Crippen LogP contribution in [0, 0.1) is 5.41 Å². The summed E-state index contributed by atoms with van der Waals surface area (Å²) in [6.45, 7) is 7.10. The van der Waals surface area contributed by atoms with E-state index in [1.165, 1.54) is 4.90 Å². The van der Waals surface area contributed by atoms with Gasteiger partial charge < -0.3 is 20.1 Å². The summed E-state index contributed by atoms with van der Waals surface area (Å²) in [6.07, 6.45) is 1.47. The summed E-state index contributed by atoms with van der Waals surface area (Å²) >= 11 is 0. The van der Waals surface area contributed by atoms with Gasteiger partial charge in [0.2, 0.25) is 0 Å². The lowest BCUT2D eigenvalue weighted by molar-refractivity contribution is 0.0640. The van der Waals surface area contributed by atoms with Gasteiger partial charge in [0.15, 0.2) is 0 Å². The van der Waals surface area contributed by atoms with E-state index in [0.717, 1.165) is 11.3 Å². The normalized spacial score (nSPS) is 14.5. The number of imidazole rings is 1. The zero-order valence-electron chi connectivity index (χ0n) is 19.5. The SMILES string of the molecule is CC(C)(C)C(CCNCc1c(CN2C(=O)c3ccccc3C2=O)nc2ccccn12)NC(=O)O. The molecule has 9 nitrogen and oxygen atoms in total. The van der Waals surface area contributed by atoms with Gasteiger partial charge in [0.05, 0.1) is 29.1 Å². The van der Waals surface area contributed by atoms with E-state index in [1.807, 2.05) is 49.6 Å². The monoisotopic (exact) mass is 463 g/mol. The highest BCUT2D eigenvalue weighted by Crippen LogP contribution is 2.26. The first-order valence-electron chi connectivity index (χ1n) is 11.3. The van der Waals surface area contributed by atoms with E-state index in [-0.39, 0.29) is 29.8 Å². The fourth-order valence-electron chi connectivity index (χ4n) is 4.27. The average Bonchev–Trinajstić information content (AvgIpc) is 3.25. The zero-order valence-corrected chi connectivity index (χ0v) is 19.5. The lowest BCUT2D eigenvalue weighted by atomic mass is 9.85. The van der Waals surface area contributed by atoms with Crippen LogP contribution < -0.4 is 10.6 Å². The minimum Gasteiger partial charge on any atom is -0.465 e. The van der Waals surface area contributed by atoms with Gasteiger partial charge in [-0.1, -0.05) is 39.0 Å². The maximum atomic E-state index is 12.9. The third kappa shape index (κ3) is 4.65. The molecule has 3 aromatic rings. The van der Waals surface area contributed by atoms with Crippen LogP contribution in [0.25, 0.3) is 5.65 Å². The van der Waals surface area contributed by atoms with E-state index < -0.39 is 6.09 Å². The second-order valence-corrected chi connectivity index (χ2v) is 9.51. The van der Waals surface area contributed by atoms with Crippen molar-refractivity contribution in [3.8, 4) is 0 Å². The maximum Gasteiger partial charge on any atom is 0.404 e. The largest absolute Gasteiger partial charge is 0.465 e. The molecule has 3 heterocycles. The predicted molar refractivity (Wildman–Crippen MR) is 127 cm³/mol. The van der Waals surface area contributed by atoms with Gasteiger partial charge in [-0.25, -0.2) is 9.78 Å². The minimum atomic E-state index is -1.04. The van der Waals surface area contributed by atoms with Gasteiger partial charge in [0.1, 0.15) is 5.65 Å². The standard InChI is InChI=1S/C25H29N5O4/c1-25(2,3)20(28-24(33)34)11-12-26-14-19-18(27-21-10-6-7-13-29(19)21)15-30-22(31)16-8-4-5-9-17(16)23(30)32/h4-10,13,20,26,28H,11-12,14-15H2,1-3H3,(H,33,34). The van der Waals surface area contributed by atoms with Gasteiger partial charge in [0.25, 0.3) is 11.8 Å². The van der Waals surface area contributed by atoms with Gasteiger partial charge in [-0.15, -0.1) is 0 Å². The van der Waals surface area contributed by atoms with Gasteiger partial charge in [-0.05, 0) is 42.6 Å². The fraction of sp³-hybridized carbons (Fsp3) is 0.360. The van der Waals surface area contributed by atoms with Crippen LogP contribution >= 0.6 is 0 Å². The van der Waals surface area contributed by atoms with Crippen molar-refractivity contribution in [1.29, 1.82) is 0 Å². The molecule has 1 unspecified atom stereocenters. The van der Waals surface area contributed by atoms with E-state index in [1.54, 1.807) is 24.3 Å². The number of benzene rings is 1. The first-order chi connectivity index (χ1) is 16.2. The molecule has 1 aromatic carbocycles. The van der Waals surface area contributed by atoms with E-state index in [4.69, 9.17) is 5.11 Å². The molecule has 2 aromatic heterocycles. The van der Waals surface area contributed by atoms with Crippen molar-refractivity contribution in [2.24, 2.45) is 5.41 Å². The number of nitrogens with zero attached hydrogens (tertiary/aromatic N) is 3. The summed E-state index contributed by atoms with van der Waals surface area (Å²) in [5.74, 6) is -0.631. The van der Waals surface area contributed by atoms with Crippen molar-refractivity contribution in [3.63, 3.8) is 0 Å². The van der Waals surface area contributed by atoms with Crippen LogP contribution in [0.2, 0.25) is 0 Å². The summed E-state index contributed by atoms with van der Waals surface area (Å²) in [7, 11) is 0. The Balaban J connectivity index is 1.51. The highest BCUT2D eigenvalue weighted by Gasteiger charge is 2.36. The van der Waals surface area contributed by atoms with Crippen LogP contribution in [0.1, 0.15) is 59.3 Å². The Bertz CT molecular complexity index is 1210. The second-order valence-electron chi connectivity index (χ2n) is 9.51. The number of carbonyl (C=O) groups excluding carboxylic acids is 2. The van der Waals surface area contributed by atoms with Gasteiger partial charge in [-0.2, -0.15) is 0 Å². The molecule has 1 aliphatic heterocycles. The molecule has 0 saturated heterocycles. The number of amides is 3. The van der Waals surface area contributed by atoms with Crippen molar-refractivity contribution >= 4 is 23.6 Å². The van der Waals surface area contributed by atoms with Crippen molar-refractivity contribution in [1.82, 2.24) is 24.9 Å². The first-order valence-corrected chi connectivity index (χ1v) is 11.3. The number of fused-ring (bicyclic) bond motifs is 2. The topological polar surface area (TPSA) is 116 Å². The summed E-state index contributed by atoms with van der Waals surface area (Å²) in [6, 6.07) is 12.3. The molecule has 0 fully saturated rings. The Morgan fingerprint density at radius 2 is 1.71 bits per heavy atom. The van der Waals surface area contributed by atoms with E-state index in [9.17, 15) is 14.4 Å². The van der Waals surface area contributed by atoms with Gasteiger partial charge >= 0.3 is 6.09 Å². The number of aromatic nitrogens is 2. The molecule has 0 aliphatic carbocycles. The Morgan fingerprint density at radius 3 is 2.32 bits per heavy atom. The van der Waals surface area contributed by atoms with Crippen molar-refractivity contribution in [3.05, 3.63) is 71.2 Å². The first kappa shape index (κ1) is 23.4. The number of imide groups is 1. The molecule has 0 saturated carbocycles. The number of pyridine rings is 1. The lowest BCUT2D eigenvalue weighted by Gasteiger charge is -2.30. The molecule has 3 N–H and O–H groups in total. The Hall–Kier alpha value is -3.72. The molecule has 34 heavy (non-hydrogen) atoms. The number of rotatable bonds is 8. The molecule has 0 radical (unpaired) electrons. The molecule has 4 rings (SSSR count). The lowest BCUT2D eigenvalue weighted by Crippen LogP contribution is -2.44. The molecule has 178 valence electrons. The molecular weight excluding hydrogens is 434 g/mol. The van der Waals surface area contributed by atoms with Crippen LogP contribution in [-0.2, 0) is 13.1 Å². The number of nitrogens with one attached hydrogen (secondary N) is 2. The van der Waals surface area contributed by atoms with E-state index >= 15 is 0 Å². The third-order valence-corrected chi connectivity index (χ3v) is 6.14. The van der Waals surface area contributed by atoms with Gasteiger partial charge in [-0.3, -0.25) is 14.5 Å². The van der Waals surface area contributed by atoms with Crippen LogP contribution in [0.5, 0.6) is 0 Å². The second kappa shape index (κ2) is 9.26. The Labute approximate surface area is 197 Å². The van der Waals surface area contributed by atoms with E-state index in [0.29, 0.717) is 36.3 Å². The number of carbonyl (C=O) groups is 3. The molecule has 1 aliphatic rings. The third-order valence-electron chi connectivity index (χ3n) is 6.14. The maximum absolute atomic E-state index is 12.9. The van der Waals surface area contributed by atoms with Crippen LogP contribution in [0.3, 0.4) is 0 Å². The molecular formula is C25H29N5O4. The minimum absolute atomic E-state index is 0.0796. The van der Waals surface area contributed by atoms with Crippen molar-refractivity contribution < 1.29 is 19.5 Å². The summed E-state index contributed by atoms with van der Waals surface area (Å²) in [4.78, 5) is 42.8. The predicted octanol–water partition coefficient (Wildman–Crippen LogP) is 3.29. The highest BCUT2D eigenvalue weighted by molar-refractivity contribution is 6.21. The number of carboxylic acid groups (broad SMARTS) is 1. The summed E-state index contributed by atoms with van der Waals surface area (Å²) < 4.78 is 1.94. The molecule has 1 atom stereocenters. The van der Waals surface area contributed by atoms with Gasteiger partial charge in [0, 0.05) is 18.8 Å². The average molecular weight is 464 g/mol. The van der Waals surface area contributed by atoms with Crippen LogP contribution in [-0.4, -0.2) is 49.9 Å².